The average molecular weight is 246 g/mol. The first-order chi connectivity index (χ1) is 7.74. The second-order valence-electron chi connectivity index (χ2n) is 4.75. The lowest BCUT2D eigenvalue weighted by Crippen LogP contribution is -2.43. The molecule has 17 heavy (non-hydrogen) atoms. The van der Waals surface area contributed by atoms with Crippen molar-refractivity contribution < 1.29 is 19.1 Å². The molecule has 0 spiro atoms. The van der Waals surface area contributed by atoms with Crippen molar-refractivity contribution >= 4 is 12.1 Å². The van der Waals surface area contributed by atoms with Crippen LogP contribution in [0.1, 0.15) is 27.7 Å². The summed E-state index contributed by atoms with van der Waals surface area (Å²) in [5.74, 6) is -0.338. The van der Waals surface area contributed by atoms with E-state index in [1.165, 1.54) is 7.11 Å². The molecule has 0 saturated heterocycles. The van der Waals surface area contributed by atoms with E-state index in [-0.39, 0.29) is 18.6 Å². The molecular formula is C11H22N2O4. The first kappa shape index (κ1) is 15.7. The van der Waals surface area contributed by atoms with Crippen molar-refractivity contribution in [1.82, 2.24) is 10.6 Å². The maximum Gasteiger partial charge on any atom is 0.407 e. The Hall–Kier alpha value is -1.30. The summed E-state index contributed by atoms with van der Waals surface area (Å²) in [6.45, 7) is 7.80. The molecular weight excluding hydrogens is 224 g/mol. The maximum atomic E-state index is 11.4. The van der Waals surface area contributed by atoms with Crippen molar-refractivity contribution in [2.75, 3.05) is 20.2 Å². The summed E-state index contributed by atoms with van der Waals surface area (Å²) >= 11 is 0. The SMILES string of the molecule is COC(=O)CNCC(C)NC(=O)OC(C)(C)C. The number of hydrogen-bond acceptors (Lipinski definition) is 5. The summed E-state index contributed by atoms with van der Waals surface area (Å²) in [6, 6.07) is -0.130. The van der Waals surface area contributed by atoms with Crippen LogP contribution >= 0.6 is 0 Å². The minimum Gasteiger partial charge on any atom is -0.468 e. The van der Waals surface area contributed by atoms with Gasteiger partial charge in [0.2, 0.25) is 0 Å². The molecule has 0 aromatic rings. The Labute approximate surface area is 102 Å². The molecule has 0 aliphatic carbocycles. The van der Waals surface area contributed by atoms with Crippen LogP contribution in [0.4, 0.5) is 4.79 Å². The van der Waals surface area contributed by atoms with Crippen LogP contribution in [0.15, 0.2) is 0 Å². The number of nitrogens with one attached hydrogen (secondary N) is 2. The number of methoxy groups -OCH3 is 1. The Morgan fingerprint density at radius 3 is 2.35 bits per heavy atom. The number of amides is 1. The second kappa shape index (κ2) is 7.11. The van der Waals surface area contributed by atoms with E-state index in [1.807, 2.05) is 6.92 Å². The van der Waals surface area contributed by atoms with Gasteiger partial charge in [0.25, 0.3) is 0 Å². The number of hydrogen-bond donors (Lipinski definition) is 2. The Kier molecular flexibility index (Phi) is 6.57. The quantitative estimate of drug-likeness (QED) is 0.697. The molecule has 0 radical (unpaired) electrons. The van der Waals surface area contributed by atoms with E-state index in [0.717, 1.165) is 0 Å². The first-order valence-electron chi connectivity index (χ1n) is 5.51. The van der Waals surface area contributed by atoms with Crippen molar-refractivity contribution in [2.45, 2.75) is 39.3 Å². The largest absolute Gasteiger partial charge is 0.468 e. The number of carbonyl (C=O) groups is 2. The lowest BCUT2D eigenvalue weighted by Gasteiger charge is -2.22. The molecule has 0 aromatic carbocycles. The number of alkyl carbamates (subject to hydrolysis) is 1. The Balaban J connectivity index is 3.75. The number of rotatable bonds is 5. The lowest BCUT2D eigenvalue weighted by atomic mass is 10.2. The van der Waals surface area contributed by atoms with Crippen LogP contribution in [0.3, 0.4) is 0 Å². The van der Waals surface area contributed by atoms with Gasteiger partial charge in [-0.1, -0.05) is 0 Å². The van der Waals surface area contributed by atoms with Crippen molar-refractivity contribution in [1.29, 1.82) is 0 Å². The normalized spacial score (nSPS) is 12.8. The molecule has 0 heterocycles. The van der Waals surface area contributed by atoms with Gasteiger partial charge in [0.05, 0.1) is 13.7 Å². The van der Waals surface area contributed by atoms with E-state index in [9.17, 15) is 9.59 Å². The zero-order chi connectivity index (χ0) is 13.5. The summed E-state index contributed by atoms with van der Waals surface area (Å²) in [6.07, 6.45) is -0.468. The predicted molar refractivity (Wildman–Crippen MR) is 63.7 cm³/mol. The fourth-order valence-electron chi connectivity index (χ4n) is 1.02. The highest BCUT2D eigenvalue weighted by Crippen LogP contribution is 2.06. The highest BCUT2D eigenvalue weighted by atomic mass is 16.6. The van der Waals surface area contributed by atoms with Gasteiger partial charge in [-0.2, -0.15) is 0 Å². The van der Waals surface area contributed by atoms with E-state index < -0.39 is 11.7 Å². The summed E-state index contributed by atoms with van der Waals surface area (Å²) in [5.41, 5.74) is -0.511. The van der Waals surface area contributed by atoms with Crippen molar-refractivity contribution in [3.63, 3.8) is 0 Å². The van der Waals surface area contributed by atoms with Crippen LogP contribution in [0.5, 0.6) is 0 Å². The van der Waals surface area contributed by atoms with Gasteiger partial charge in [-0.25, -0.2) is 4.79 Å². The summed E-state index contributed by atoms with van der Waals surface area (Å²) in [4.78, 5) is 22.2. The van der Waals surface area contributed by atoms with Gasteiger partial charge in [0.15, 0.2) is 0 Å². The molecule has 0 aliphatic heterocycles. The molecule has 0 fully saturated rings. The monoisotopic (exact) mass is 246 g/mol. The molecule has 1 unspecified atom stereocenters. The molecule has 1 atom stereocenters. The van der Waals surface area contributed by atoms with Crippen LogP contribution in [0, 0.1) is 0 Å². The maximum absolute atomic E-state index is 11.4. The van der Waals surface area contributed by atoms with Crippen LogP contribution < -0.4 is 10.6 Å². The minimum absolute atomic E-state index is 0.122. The Bertz CT molecular complexity index is 261. The van der Waals surface area contributed by atoms with Gasteiger partial charge in [0.1, 0.15) is 5.60 Å². The lowest BCUT2D eigenvalue weighted by molar-refractivity contribution is -0.139. The number of carbonyl (C=O) groups excluding carboxylic acids is 2. The topological polar surface area (TPSA) is 76.7 Å². The zero-order valence-electron chi connectivity index (χ0n) is 11.1. The molecule has 6 nitrogen and oxygen atoms in total. The van der Waals surface area contributed by atoms with Gasteiger partial charge < -0.3 is 20.1 Å². The molecule has 2 N–H and O–H groups in total. The second-order valence-corrected chi connectivity index (χ2v) is 4.75. The highest BCUT2D eigenvalue weighted by Gasteiger charge is 2.17. The minimum atomic E-state index is -0.511. The number of esters is 1. The molecule has 6 heteroatoms. The summed E-state index contributed by atoms with van der Waals surface area (Å²) in [7, 11) is 1.33. The van der Waals surface area contributed by atoms with Gasteiger partial charge in [0, 0.05) is 12.6 Å². The molecule has 0 rings (SSSR count). The van der Waals surface area contributed by atoms with Gasteiger partial charge >= 0.3 is 12.1 Å². The first-order valence-corrected chi connectivity index (χ1v) is 5.51. The molecule has 100 valence electrons. The smallest absolute Gasteiger partial charge is 0.407 e. The highest BCUT2D eigenvalue weighted by molar-refractivity contribution is 5.71. The Morgan fingerprint density at radius 1 is 1.29 bits per heavy atom. The van der Waals surface area contributed by atoms with E-state index in [0.29, 0.717) is 6.54 Å². The fraction of sp³-hybridized carbons (Fsp3) is 0.818. The summed E-state index contributed by atoms with van der Waals surface area (Å²) < 4.78 is 9.55. The van der Waals surface area contributed by atoms with Crippen molar-refractivity contribution in [3.05, 3.63) is 0 Å². The zero-order valence-corrected chi connectivity index (χ0v) is 11.1. The molecule has 0 aromatic heterocycles. The standard InChI is InChI=1S/C11H22N2O4/c1-8(6-12-7-9(14)16-5)13-10(15)17-11(2,3)4/h8,12H,6-7H2,1-5H3,(H,13,15). The van der Waals surface area contributed by atoms with E-state index in [2.05, 4.69) is 15.4 Å². The van der Waals surface area contributed by atoms with E-state index in [1.54, 1.807) is 20.8 Å². The van der Waals surface area contributed by atoms with Gasteiger partial charge in [-0.05, 0) is 27.7 Å². The number of ether oxygens (including phenoxy) is 2. The molecule has 1 amide bonds. The van der Waals surface area contributed by atoms with Crippen LogP contribution in [0.25, 0.3) is 0 Å². The van der Waals surface area contributed by atoms with Crippen LogP contribution in [0.2, 0.25) is 0 Å². The Morgan fingerprint density at radius 2 is 1.88 bits per heavy atom. The van der Waals surface area contributed by atoms with Crippen molar-refractivity contribution in [2.24, 2.45) is 0 Å². The van der Waals surface area contributed by atoms with Gasteiger partial charge in [-0.15, -0.1) is 0 Å². The van der Waals surface area contributed by atoms with E-state index >= 15 is 0 Å². The molecule has 0 bridgehead atoms. The van der Waals surface area contributed by atoms with Crippen LogP contribution in [-0.2, 0) is 14.3 Å². The van der Waals surface area contributed by atoms with Gasteiger partial charge in [-0.3, -0.25) is 4.79 Å². The third-order valence-corrected chi connectivity index (χ3v) is 1.71. The predicted octanol–water partition coefficient (Wildman–Crippen LogP) is 0.662. The van der Waals surface area contributed by atoms with E-state index in [4.69, 9.17) is 4.74 Å². The average Bonchev–Trinajstić information content (AvgIpc) is 2.13. The fourth-order valence-corrected chi connectivity index (χ4v) is 1.02. The third-order valence-electron chi connectivity index (χ3n) is 1.71. The van der Waals surface area contributed by atoms with Crippen LogP contribution in [-0.4, -0.2) is 43.9 Å². The molecule has 0 aliphatic rings. The third kappa shape index (κ3) is 9.62. The molecule has 0 saturated carbocycles. The summed E-state index contributed by atoms with van der Waals surface area (Å²) in [5, 5.41) is 5.51. The van der Waals surface area contributed by atoms with Crippen molar-refractivity contribution in [3.8, 4) is 0 Å².